The molecule has 2 aromatic rings. The summed E-state index contributed by atoms with van der Waals surface area (Å²) in [6.07, 6.45) is 2.29. The largest absolute Gasteiger partial charge is 0.347 e. The Bertz CT molecular complexity index is 490. The zero-order valence-corrected chi connectivity index (χ0v) is 12.1. The molecule has 0 N–H and O–H groups in total. The van der Waals surface area contributed by atoms with Crippen LogP contribution < -0.4 is 0 Å². The van der Waals surface area contributed by atoms with Gasteiger partial charge in [-0.15, -0.1) is 0 Å². The van der Waals surface area contributed by atoms with E-state index >= 15 is 0 Å². The third-order valence-electron chi connectivity index (χ3n) is 2.74. The van der Waals surface area contributed by atoms with Crippen molar-refractivity contribution in [2.24, 2.45) is 0 Å². The van der Waals surface area contributed by atoms with Crippen LogP contribution in [0.2, 0.25) is 0 Å². The molecule has 0 aliphatic rings. The van der Waals surface area contributed by atoms with E-state index in [4.69, 9.17) is 0 Å². The molecule has 3 heteroatoms. The third-order valence-corrected chi connectivity index (χ3v) is 4.32. The second-order valence-electron chi connectivity index (χ2n) is 3.71. The Hall–Kier alpha value is -0.410. The summed E-state index contributed by atoms with van der Waals surface area (Å²) in [6.45, 7) is 5.43. The molecule has 0 radical (unpaired) electrons. The summed E-state index contributed by atoms with van der Waals surface area (Å²) in [5, 5.41) is 1.38. The van der Waals surface area contributed by atoms with Crippen molar-refractivity contribution in [3.63, 3.8) is 0 Å². The lowest BCUT2D eigenvalue weighted by Gasteiger charge is -2.00. The van der Waals surface area contributed by atoms with Gasteiger partial charge in [0.1, 0.15) is 0 Å². The van der Waals surface area contributed by atoms with Crippen LogP contribution in [-0.4, -0.2) is 10.3 Å². The number of benzene rings is 1. The molecule has 0 amide bonds. The number of thioether (sulfide) groups is 1. The van der Waals surface area contributed by atoms with Crippen LogP contribution in [0.15, 0.2) is 28.9 Å². The monoisotopic (exact) mass is 297 g/mol. The Balaban J connectivity index is 2.55. The van der Waals surface area contributed by atoms with Crippen LogP contribution in [0.3, 0.4) is 0 Å². The first-order valence-corrected chi connectivity index (χ1v) is 7.56. The van der Waals surface area contributed by atoms with Crippen molar-refractivity contribution in [3.05, 3.63) is 34.4 Å². The van der Waals surface area contributed by atoms with Gasteiger partial charge < -0.3 is 4.57 Å². The van der Waals surface area contributed by atoms with Gasteiger partial charge in [0.25, 0.3) is 0 Å². The van der Waals surface area contributed by atoms with E-state index in [1.54, 1.807) is 0 Å². The maximum absolute atomic E-state index is 3.66. The average molecular weight is 298 g/mol. The Morgan fingerprint density at radius 3 is 2.81 bits per heavy atom. The van der Waals surface area contributed by atoms with Gasteiger partial charge in [0.2, 0.25) is 0 Å². The van der Waals surface area contributed by atoms with Gasteiger partial charge in [-0.05, 0) is 30.4 Å². The summed E-state index contributed by atoms with van der Waals surface area (Å²) in [5.41, 5.74) is 2.78. The SMILES string of the molecule is CCSCc1cn(CC)c2cccc(Br)c12. The van der Waals surface area contributed by atoms with Crippen LogP contribution in [0.25, 0.3) is 10.9 Å². The highest BCUT2D eigenvalue weighted by Crippen LogP contribution is 2.31. The zero-order valence-electron chi connectivity index (χ0n) is 9.66. The summed E-state index contributed by atoms with van der Waals surface area (Å²) >= 11 is 5.63. The topological polar surface area (TPSA) is 4.93 Å². The molecule has 0 aliphatic carbocycles. The number of halogens is 1. The molecule has 0 fully saturated rings. The Morgan fingerprint density at radius 1 is 1.31 bits per heavy atom. The number of rotatable bonds is 4. The van der Waals surface area contributed by atoms with E-state index in [0.29, 0.717) is 0 Å². The zero-order chi connectivity index (χ0) is 11.5. The van der Waals surface area contributed by atoms with Crippen LogP contribution in [-0.2, 0) is 12.3 Å². The molecule has 0 saturated heterocycles. The Labute approximate surface area is 109 Å². The first kappa shape index (κ1) is 12.1. The molecule has 86 valence electrons. The first-order valence-electron chi connectivity index (χ1n) is 5.61. The first-order chi connectivity index (χ1) is 7.77. The minimum absolute atomic E-state index is 1.03. The van der Waals surface area contributed by atoms with Crippen molar-refractivity contribution in [2.75, 3.05) is 5.75 Å². The molecule has 1 nitrogen and oxygen atoms in total. The van der Waals surface area contributed by atoms with Crippen LogP contribution in [0.4, 0.5) is 0 Å². The number of aromatic nitrogens is 1. The van der Waals surface area contributed by atoms with E-state index in [0.717, 1.165) is 12.3 Å². The van der Waals surface area contributed by atoms with Gasteiger partial charge >= 0.3 is 0 Å². The van der Waals surface area contributed by atoms with Crippen molar-refractivity contribution < 1.29 is 0 Å². The van der Waals surface area contributed by atoms with Gasteiger partial charge in [-0.25, -0.2) is 0 Å². The van der Waals surface area contributed by atoms with Gasteiger partial charge in [-0.1, -0.05) is 28.9 Å². The second kappa shape index (κ2) is 5.28. The van der Waals surface area contributed by atoms with E-state index in [1.807, 2.05) is 11.8 Å². The molecule has 0 unspecified atom stereocenters. The van der Waals surface area contributed by atoms with E-state index in [9.17, 15) is 0 Å². The van der Waals surface area contributed by atoms with E-state index in [2.05, 4.69) is 58.7 Å². The van der Waals surface area contributed by atoms with Gasteiger partial charge in [-0.2, -0.15) is 11.8 Å². The highest BCUT2D eigenvalue weighted by Gasteiger charge is 2.09. The minimum atomic E-state index is 1.03. The fourth-order valence-electron chi connectivity index (χ4n) is 1.98. The normalized spacial score (nSPS) is 11.2. The molecule has 0 aliphatic heterocycles. The molecule has 0 saturated carbocycles. The second-order valence-corrected chi connectivity index (χ2v) is 5.84. The maximum atomic E-state index is 3.66. The molecular formula is C13H16BrNS. The molecule has 2 rings (SSSR count). The number of nitrogens with zero attached hydrogens (tertiary/aromatic N) is 1. The number of fused-ring (bicyclic) bond motifs is 1. The maximum Gasteiger partial charge on any atom is 0.0494 e. The van der Waals surface area contributed by atoms with Crippen LogP contribution in [0.5, 0.6) is 0 Å². The highest BCUT2D eigenvalue weighted by atomic mass is 79.9. The summed E-state index contributed by atoms with van der Waals surface area (Å²) in [5.74, 6) is 2.27. The fourth-order valence-corrected chi connectivity index (χ4v) is 3.23. The Morgan fingerprint density at radius 2 is 2.12 bits per heavy atom. The predicted octanol–water partition coefficient (Wildman–Crippen LogP) is 4.68. The predicted molar refractivity (Wildman–Crippen MR) is 77.1 cm³/mol. The molecule has 0 atom stereocenters. The van der Waals surface area contributed by atoms with Crippen LogP contribution >= 0.6 is 27.7 Å². The summed E-state index contributed by atoms with van der Waals surface area (Å²) in [4.78, 5) is 0. The quantitative estimate of drug-likeness (QED) is 0.793. The summed E-state index contributed by atoms with van der Waals surface area (Å²) < 4.78 is 3.54. The molecule has 0 spiro atoms. The molecular weight excluding hydrogens is 282 g/mol. The molecule has 0 bridgehead atoms. The average Bonchev–Trinajstić information content (AvgIpc) is 2.66. The Kier molecular flexibility index (Phi) is 3.98. The molecule has 16 heavy (non-hydrogen) atoms. The van der Waals surface area contributed by atoms with Crippen LogP contribution in [0, 0.1) is 0 Å². The highest BCUT2D eigenvalue weighted by molar-refractivity contribution is 9.10. The van der Waals surface area contributed by atoms with E-state index in [1.165, 1.54) is 26.7 Å². The van der Waals surface area contributed by atoms with Crippen molar-refractivity contribution >= 4 is 38.6 Å². The van der Waals surface area contributed by atoms with Crippen LogP contribution in [0.1, 0.15) is 19.4 Å². The molecule has 1 aromatic heterocycles. The number of aryl methyl sites for hydroxylation is 1. The number of hydrogen-bond acceptors (Lipinski definition) is 1. The lowest BCUT2D eigenvalue weighted by atomic mass is 10.2. The fraction of sp³-hybridized carbons (Fsp3) is 0.385. The van der Waals surface area contributed by atoms with Gasteiger partial charge in [-0.3, -0.25) is 0 Å². The lowest BCUT2D eigenvalue weighted by molar-refractivity contribution is 0.795. The van der Waals surface area contributed by atoms with Crippen molar-refractivity contribution in [1.82, 2.24) is 4.57 Å². The summed E-state index contributed by atoms with van der Waals surface area (Å²) in [7, 11) is 0. The van der Waals surface area contributed by atoms with Gasteiger partial charge in [0.05, 0.1) is 0 Å². The van der Waals surface area contributed by atoms with Gasteiger partial charge in [0, 0.05) is 33.9 Å². The third kappa shape index (κ3) is 2.16. The number of hydrogen-bond donors (Lipinski definition) is 0. The summed E-state index contributed by atoms with van der Waals surface area (Å²) in [6, 6.07) is 6.43. The lowest BCUT2D eigenvalue weighted by Crippen LogP contribution is -1.89. The van der Waals surface area contributed by atoms with E-state index < -0.39 is 0 Å². The minimum Gasteiger partial charge on any atom is -0.347 e. The van der Waals surface area contributed by atoms with Crippen molar-refractivity contribution in [2.45, 2.75) is 26.1 Å². The smallest absolute Gasteiger partial charge is 0.0494 e. The van der Waals surface area contributed by atoms with Crippen molar-refractivity contribution in [3.8, 4) is 0 Å². The molecule has 1 heterocycles. The van der Waals surface area contributed by atoms with E-state index in [-0.39, 0.29) is 0 Å². The standard InChI is InChI=1S/C13H16BrNS/c1-3-15-8-10(9-16-4-2)13-11(14)6-5-7-12(13)15/h5-8H,3-4,9H2,1-2H3. The van der Waals surface area contributed by atoms with Gasteiger partial charge in [0.15, 0.2) is 0 Å². The van der Waals surface area contributed by atoms with Crippen molar-refractivity contribution in [1.29, 1.82) is 0 Å². The molecule has 1 aromatic carbocycles.